The Kier molecular flexibility index (Phi) is 5.63. The lowest BCUT2D eigenvalue weighted by Gasteiger charge is -2.34. The predicted octanol–water partition coefficient (Wildman–Crippen LogP) is 3.67. The summed E-state index contributed by atoms with van der Waals surface area (Å²) < 4.78 is 5.79. The fourth-order valence-corrected chi connectivity index (χ4v) is 2.87. The summed E-state index contributed by atoms with van der Waals surface area (Å²) in [5, 5.41) is 6.15. The molecule has 3 amide bonds. The first-order chi connectivity index (χ1) is 12.6. The van der Waals surface area contributed by atoms with Gasteiger partial charge in [0.15, 0.2) is 6.10 Å². The number of halogens is 1. The molecule has 2 aromatic carbocycles. The minimum Gasteiger partial charge on any atom is -0.477 e. The molecule has 3 rings (SSSR count). The summed E-state index contributed by atoms with van der Waals surface area (Å²) in [6.45, 7) is 2.66. The molecule has 6 nitrogen and oxygen atoms in total. The van der Waals surface area contributed by atoms with E-state index in [1.807, 2.05) is 13.0 Å². The van der Waals surface area contributed by atoms with Crippen LogP contribution in [0.4, 0.5) is 16.2 Å². The molecule has 0 aliphatic carbocycles. The molecular weight excluding hydrogens is 354 g/mol. The molecule has 2 aromatic rings. The van der Waals surface area contributed by atoms with Gasteiger partial charge >= 0.3 is 6.03 Å². The Hall–Kier alpha value is -2.73. The monoisotopic (exact) mass is 373 g/mol. The highest BCUT2D eigenvalue weighted by atomic mass is 35.5. The van der Waals surface area contributed by atoms with Crippen LogP contribution in [0.5, 0.6) is 5.75 Å². The van der Waals surface area contributed by atoms with Crippen LogP contribution in [0.25, 0.3) is 0 Å². The van der Waals surface area contributed by atoms with Crippen LogP contribution >= 0.6 is 11.6 Å². The van der Waals surface area contributed by atoms with Gasteiger partial charge in [-0.25, -0.2) is 4.79 Å². The summed E-state index contributed by atoms with van der Waals surface area (Å²) in [5.41, 5.74) is 1.20. The maximum Gasteiger partial charge on any atom is 0.326 e. The average molecular weight is 374 g/mol. The minimum absolute atomic E-state index is 0.124. The highest BCUT2D eigenvalue weighted by molar-refractivity contribution is 6.30. The first-order valence-corrected chi connectivity index (χ1v) is 8.83. The van der Waals surface area contributed by atoms with Crippen LogP contribution < -0.4 is 20.3 Å². The summed E-state index contributed by atoms with van der Waals surface area (Å²) in [7, 11) is 0. The zero-order valence-electron chi connectivity index (χ0n) is 14.4. The Labute approximate surface area is 157 Å². The van der Waals surface area contributed by atoms with Gasteiger partial charge in [-0.3, -0.25) is 9.69 Å². The number of hydrogen-bond acceptors (Lipinski definition) is 3. The van der Waals surface area contributed by atoms with Crippen molar-refractivity contribution in [3.8, 4) is 5.75 Å². The van der Waals surface area contributed by atoms with Crippen molar-refractivity contribution < 1.29 is 14.3 Å². The van der Waals surface area contributed by atoms with Crippen LogP contribution in [-0.2, 0) is 4.79 Å². The number of nitrogens with zero attached hydrogens (tertiary/aromatic N) is 1. The number of fused-ring (bicyclic) bond motifs is 1. The third-order valence-electron chi connectivity index (χ3n) is 3.94. The number of hydrogen-bond donors (Lipinski definition) is 2. The number of ether oxygens (including phenoxy) is 1. The molecule has 7 heteroatoms. The van der Waals surface area contributed by atoms with Crippen molar-refractivity contribution >= 4 is 34.9 Å². The fourth-order valence-electron chi connectivity index (χ4n) is 2.68. The van der Waals surface area contributed by atoms with Gasteiger partial charge in [0.25, 0.3) is 5.91 Å². The second-order valence-corrected chi connectivity index (χ2v) is 6.35. The van der Waals surface area contributed by atoms with E-state index in [0.717, 1.165) is 6.42 Å². The van der Waals surface area contributed by atoms with Gasteiger partial charge < -0.3 is 15.4 Å². The van der Waals surface area contributed by atoms with E-state index < -0.39 is 6.10 Å². The molecule has 1 unspecified atom stereocenters. The highest BCUT2D eigenvalue weighted by Gasteiger charge is 2.33. The fraction of sp³-hybridized carbons (Fsp3) is 0.263. The lowest BCUT2D eigenvalue weighted by Crippen LogP contribution is -2.51. The van der Waals surface area contributed by atoms with E-state index in [1.165, 1.54) is 4.90 Å². The number of para-hydroxylation sites is 2. The van der Waals surface area contributed by atoms with Gasteiger partial charge in [-0.2, -0.15) is 0 Å². The number of nitrogens with one attached hydrogen (secondary N) is 2. The Balaban J connectivity index is 1.82. The van der Waals surface area contributed by atoms with E-state index in [0.29, 0.717) is 28.7 Å². The second kappa shape index (κ2) is 8.10. The average Bonchev–Trinajstić information content (AvgIpc) is 2.65. The molecule has 0 radical (unpaired) electrons. The molecule has 1 aliphatic rings. The zero-order valence-corrected chi connectivity index (χ0v) is 15.1. The van der Waals surface area contributed by atoms with Crippen molar-refractivity contribution in [1.29, 1.82) is 0 Å². The van der Waals surface area contributed by atoms with Crippen molar-refractivity contribution in [1.82, 2.24) is 5.32 Å². The molecule has 136 valence electrons. The SMILES string of the molecule is CCCNC(=O)C1CN(C(=O)Nc2cccc(Cl)c2)c2ccccc2O1. The van der Waals surface area contributed by atoms with Crippen LogP contribution in [-0.4, -0.2) is 31.1 Å². The molecular formula is C19H20ClN3O3. The van der Waals surface area contributed by atoms with E-state index in [1.54, 1.807) is 42.5 Å². The predicted molar refractivity (Wildman–Crippen MR) is 102 cm³/mol. The molecule has 0 saturated heterocycles. The van der Waals surface area contributed by atoms with E-state index in [4.69, 9.17) is 16.3 Å². The number of rotatable bonds is 4. The van der Waals surface area contributed by atoms with Gasteiger partial charge in [0, 0.05) is 17.3 Å². The standard InChI is InChI=1S/C19H20ClN3O3/c1-2-10-21-18(24)17-12-23(15-8-3-4-9-16(15)26-17)19(25)22-14-7-5-6-13(20)11-14/h3-9,11,17H,2,10,12H2,1H3,(H,21,24)(H,22,25). The summed E-state index contributed by atoms with van der Waals surface area (Å²) in [6.07, 6.45) is 0.0650. The highest BCUT2D eigenvalue weighted by Crippen LogP contribution is 2.33. The lowest BCUT2D eigenvalue weighted by atomic mass is 10.2. The molecule has 0 saturated carbocycles. The van der Waals surface area contributed by atoms with Crippen LogP contribution in [0.3, 0.4) is 0 Å². The first-order valence-electron chi connectivity index (χ1n) is 8.46. The molecule has 2 N–H and O–H groups in total. The topological polar surface area (TPSA) is 70.7 Å². The molecule has 1 aliphatic heterocycles. The molecule has 0 spiro atoms. The molecule has 0 aromatic heterocycles. The number of benzene rings is 2. The molecule has 0 bridgehead atoms. The molecule has 1 atom stereocenters. The van der Waals surface area contributed by atoms with Crippen LogP contribution in [0.15, 0.2) is 48.5 Å². The zero-order chi connectivity index (χ0) is 18.5. The Morgan fingerprint density at radius 3 is 2.81 bits per heavy atom. The number of amides is 3. The van der Waals surface area contributed by atoms with Gasteiger partial charge in [0.05, 0.1) is 12.2 Å². The largest absolute Gasteiger partial charge is 0.477 e. The van der Waals surface area contributed by atoms with Crippen LogP contribution in [0.2, 0.25) is 5.02 Å². The number of urea groups is 1. The normalized spacial score (nSPS) is 15.6. The molecule has 26 heavy (non-hydrogen) atoms. The van der Waals surface area contributed by atoms with Gasteiger partial charge in [0.1, 0.15) is 5.75 Å². The van der Waals surface area contributed by atoms with E-state index in [-0.39, 0.29) is 18.5 Å². The number of anilines is 2. The van der Waals surface area contributed by atoms with Crippen molar-refractivity contribution in [3.05, 3.63) is 53.6 Å². The van der Waals surface area contributed by atoms with Crippen LogP contribution in [0.1, 0.15) is 13.3 Å². The first kappa shape index (κ1) is 18.1. The van der Waals surface area contributed by atoms with Crippen molar-refractivity contribution in [3.63, 3.8) is 0 Å². The van der Waals surface area contributed by atoms with Gasteiger partial charge in [-0.15, -0.1) is 0 Å². The number of carbonyl (C=O) groups excluding carboxylic acids is 2. The summed E-state index contributed by atoms with van der Waals surface area (Å²) >= 11 is 5.97. The van der Waals surface area contributed by atoms with Crippen molar-refractivity contribution in [2.75, 3.05) is 23.3 Å². The third-order valence-corrected chi connectivity index (χ3v) is 4.17. The Morgan fingerprint density at radius 1 is 1.23 bits per heavy atom. The Morgan fingerprint density at radius 2 is 2.04 bits per heavy atom. The summed E-state index contributed by atoms with van der Waals surface area (Å²) in [4.78, 5) is 26.6. The van der Waals surface area contributed by atoms with E-state index >= 15 is 0 Å². The lowest BCUT2D eigenvalue weighted by molar-refractivity contribution is -0.127. The Bertz CT molecular complexity index is 812. The quantitative estimate of drug-likeness (QED) is 0.859. The summed E-state index contributed by atoms with van der Waals surface area (Å²) in [6, 6.07) is 13.7. The van der Waals surface area contributed by atoms with Gasteiger partial charge in [-0.1, -0.05) is 36.7 Å². The van der Waals surface area contributed by atoms with Gasteiger partial charge in [0.2, 0.25) is 0 Å². The minimum atomic E-state index is -0.762. The summed E-state index contributed by atoms with van der Waals surface area (Å²) in [5.74, 6) is 0.263. The maximum absolute atomic E-state index is 12.8. The molecule has 1 heterocycles. The molecule has 0 fully saturated rings. The smallest absolute Gasteiger partial charge is 0.326 e. The maximum atomic E-state index is 12.8. The third kappa shape index (κ3) is 4.08. The van der Waals surface area contributed by atoms with Gasteiger partial charge in [-0.05, 0) is 36.8 Å². The second-order valence-electron chi connectivity index (χ2n) is 5.92. The number of carbonyl (C=O) groups is 2. The van der Waals surface area contributed by atoms with Crippen LogP contribution in [0, 0.1) is 0 Å². The van der Waals surface area contributed by atoms with Crippen molar-refractivity contribution in [2.45, 2.75) is 19.4 Å². The van der Waals surface area contributed by atoms with E-state index in [2.05, 4.69) is 10.6 Å². The van der Waals surface area contributed by atoms with Crippen molar-refractivity contribution in [2.24, 2.45) is 0 Å². The van der Waals surface area contributed by atoms with E-state index in [9.17, 15) is 9.59 Å².